The van der Waals surface area contributed by atoms with E-state index in [0.29, 0.717) is 23.4 Å². The third-order valence-corrected chi connectivity index (χ3v) is 7.48. The van der Waals surface area contributed by atoms with Crippen molar-refractivity contribution in [2.45, 2.75) is 96.8 Å². The Labute approximate surface area is 223 Å². The zero-order valence-corrected chi connectivity index (χ0v) is 22.6. The van der Waals surface area contributed by atoms with Crippen molar-refractivity contribution >= 4 is 17.6 Å². The highest BCUT2D eigenvalue weighted by Crippen LogP contribution is 2.37. The Kier molecular flexibility index (Phi) is 13.0. The quantitative estimate of drug-likeness (QED) is 0.107. The Bertz CT molecular complexity index is 951. The molecule has 1 aliphatic carbocycles. The van der Waals surface area contributed by atoms with Crippen LogP contribution in [-0.2, 0) is 4.79 Å². The van der Waals surface area contributed by atoms with Crippen molar-refractivity contribution in [2.75, 3.05) is 5.32 Å². The normalized spacial score (nSPS) is 17.2. The van der Waals surface area contributed by atoms with E-state index in [1.165, 1.54) is 70.6 Å². The van der Waals surface area contributed by atoms with Crippen LogP contribution in [0, 0.1) is 11.8 Å². The molecule has 1 amide bonds. The number of esters is 1. The summed E-state index contributed by atoms with van der Waals surface area (Å²) in [4.78, 5) is 24.5. The van der Waals surface area contributed by atoms with Gasteiger partial charge < -0.3 is 10.1 Å². The number of hydrogen-bond acceptors (Lipinski definition) is 3. The minimum Gasteiger partial charge on any atom is -0.427 e. The first-order valence-electron chi connectivity index (χ1n) is 14.5. The molecule has 0 bridgehead atoms. The van der Waals surface area contributed by atoms with Crippen molar-refractivity contribution in [1.29, 1.82) is 0 Å². The van der Waals surface area contributed by atoms with Gasteiger partial charge in [-0.1, -0.05) is 95.1 Å². The Morgan fingerprint density at radius 1 is 0.865 bits per heavy atom. The lowest BCUT2D eigenvalue weighted by atomic mass is 9.88. The Hall–Kier alpha value is -2.88. The van der Waals surface area contributed by atoms with Crippen LogP contribution in [0.15, 0.2) is 66.7 Å². The molecule has 0 aromatic heterocycles. The molecule has 0 saturated heterocycles. The van der Waals surface area contributed by atoms with Crippen molar-refractivity contribution in [1.82, 2.24) is 0 Å². The van der Waals surface area contributed by atoms with Gasteiger partial charge in [0.05, 0.1) is 0 Å². The second-order valence-electron chi connectivity index (χ2n) is 10.4. The highest BCUT2D eigenvalue weighted by atomic mass is 16.5. The molecule has 0 heterocycles. The van der Waals surface area contributed by atoms with Crippen molar-refractivity contribution < 1.29 is 14.3 Å². The monoisotopic (exact) mass is 503 g/mol. The van der Waals surface area contributed by atoms with Gasteiger partial charge in [0.2, 0.25) is 0 Å². The van der Waals surface area contributed by atoms with Crippen molar-refractivity contribution in [3.8, 4) is 5.75 Å². The molecular weight excluding hydrogens is 458 g/mol. The molecule has 0 radical (unpaired) electrons. The van der Waals surface area contributed by atoms with Gasteiger partial charge in [-0.3, -0.25) is 9.59 Å². The number of hydrogen-bond donors (Lipinski definition) is 1. The summed E-state index contributed by atoms with van der Waals surface area (Å²) in [5.74, 6) is 1.89. The second kappa shape index (κ2) is 16.8. The lowest BCUT2D eigenvalue weighted by molar-refractivity contribution is -0.134. The van der Waals surface area contributed by atoms with E-state index in [0.717, 1.165) is 24.7 Å². The van der Waals surface area contributed by atoms with Crippen LogP contribution in [-0.4, -0.2) is 11.9 Å². The first kappa shape index (κ1) is 28.7. The number of benzene rings is 2. The summed E-state index contributed by atoms with van der Waals surface area (Å²) in [5, 5.41) is 2.85. The van der Waals surface area contributed by atoms with Crippen LogP contribution in [0.4, 0.5) is 5.69 Å². The number of carbonyl (C=O) groups is 2. The van der Waals surface area contributed by atoms with Gasteiger partial charge in [-0.15, -0.1) is 0 Å². The molecule has 200 valence electrons. The van der Waals surface area contributed by atoms with E-state index < -0.39 is 0 Å². The van der Waals surface area contributed by atoms with Crippen LogP contribution in [0.3, 0.4) is 0 Å². The lowest BCUT2D eigenvalue weighted by Gasteiger charge is -2.18. The molecule has 4 heteroatoms. The average Bonchev–Trinajstić information content (AvgIpc) is 3.37. The van der Waals surface area contributed by atoms with E-state index in [-0.39, 0.29) is 11.9 Å². The van der Waals surface area contributed by atoms with E-state index in [4.69, 9.17) is 4.74 Å². The minimum absolute atomic E-state index is 0.167. The Balaban J connectivity index is 1.27. The number of ether oxygens (including phenoxy) is 1. The number of anilines is 1. The van der Waals surface area contributed by atoms with Gasteiger partial charge in [-0.2, -0.15) is 0 Å². The standard InChI is InChI=1S/C33H45NO3/c1-2-3-4-5-6-10-16-27-20-15-21-28(27)17-11-7-8-14-22-32(35)37-31-25-23-30(24-26-31)34-33(36)29-18-12-9-13-19-29/h7,9,11-13,18-19,23-28H,2-6,8,10,14-17,20-22H2,1H3,(H,34,36)/t27-,28-/m0/s1. The van der Waals surface area contributed by atoms with E-state index in [2.05, 4.69) is 24.4 Å². The first-order valence-corrected chi connectivity index (χ1v) is 14.5. The fourth-order valence-corrected chi connectivity index (χ4v) is 5.33. The molecular formula is C33H45NO3. The number of nitrogens with one attached hydrogen (secondary N) is 1. The molecule has 4 nitrogen and oxygen atoms in total. The summed E-state index contributed by atoms with van der Waals surface area (Å²) in [7, 11) is 0. The van der Waals surface area contributed by atoms with E-state index in [1.54, 1.807) is 36.4 Å². The summed E-state index contributed by atoms with van der Waals surface area (Å²) in [6.45, 7) is 2.28. The summed E-state index contributed by atoms with van der Waals surface area (Å²) < 4.78 is 5.45. The average molecular weight is 504 g/mol. The molecule has 1 fully saturated rings. The number of rotatable bonds is 16. The number of amides is 1. The molecule has 0 unspecified atom stereocenters. The largest absolute Gasteiger partial charge is 0.427 e. The number of carbonyl (C=O) groups excluding carboxylic acids is 2. The topological polar surface area (TPSA) is 55.4 Å². The zero-order valence-electron chi connectivity index (χ0n) is 22.6. The van der Waals surface area contributed by atoms with Crippen molar-refractivity contribution in [3.05, 3.63) is 72.3 Å². The van der Waals surface area contributed by atoms with Gasteiger partial charge >= 0.3 is 5.97 Å². The van der Waals surface area contributed by atoms with Gasteiger partial charge in [-0.25, -0.2) is 0 Å². The van der Waals surface area contributed by atoms with Crippen LogP contribution in [0.25, 0.3) is 0 Å². The van der Waals surface area contributed by atoms with Crippen LogP contribution in [0.5, 0.6) is 5.75 Å². The molecule has 2 aromatic rings. The van der Waals surface area contributed by atoms with Gasteiger partial charge in [0.15, 0.2) is 0 Å². The fourth-order valence-electron chi connectivity index (χ4n) is 5.33. The third kappa shape index (κ3) is 11.0. The van der Waals surface area contributed by atoms with E-state index >= 15 is 0 Å². The molecule has 0 aliphatic heterocycles. The minimum atomic E-state index is -0.218. The highest BCUT2D eigenvalue weighted by molar-refractivity contribution is 6.04. The Morgan fingerprint density at radius 3 is 2.38 bits per heavy atom. The molecule has 2 aromatic carbocycles. The first-order chi connectivity index (χ1) is 18.2. The fraction of sp³-hybridized carbons (Fsp3) is 0.515. The lowest BCUT2D eigenvalue weighted by Crippen LogP contribution is -2.11. The van der Waals surface area contributed by atoms with E-state index in [9.17, 15) is 9.59 Å². The SMILES string of the molecule is CCCCCCCC[C@H]1CCC[C@@H]1CC=CCCCC(=O)Oc1ccc(NC(=O)c2ccccc2)cc1. The predicted molar refractivity (Wildman–Crippen MR) is 153 cm³/mol. The molecule has 1 N–H and O–H groups in total. The van der Waals surface area contributed by atoms with Crippen molar-refractivity contribution in [2.24, 2.45) is 11.8 Å². The molecule has 0 spiro atoms. The maximum absolute atomic E-state index is 12.2. The molecule has 37 heavy (non-hydrogen) atoms. The smallest absolute Gasteiger partial charge is 0.311 e. The van der Waals surface area contributed by atoms with E-state index in [1.807, 2.05) is 18.2 Å². The van der Waals surface area contributed by atoms with Crippen LogP contribution < -0.4 is 10.1 Å². The summed E-state index contributed by atoms with van der Waals surface area (Å²) in [6.07, 6.45) is 21.8. The van der Waals surface area contributed by atoms with Crippen LogP contribution in [0.1, 0.15) is 107 Å². The maximum Gasteiger partial charge on any atom is 0.311 e. The molecule has 2 atom stereocenters. The zero-order chi connectivity index (χ0) is 26.1. The highest BCUT2D eigenvalue weighted by Gasteiger charge is 2.25. The van der Waals surface area contributed by atoms with Gasteiger partial charge in [0.1, 0.15) is 5.75 Å². The molecule has 1 aliphatic rings. The number of allylic oxidation sites excluding steroid dienone is 2. The van der Waals surface area contributed by atoms with Gasteiger partial charge in [0.25, 0.3) is 5.91 Å². The van der Waals surface area contributed by atoms with Gasteiger partial charge in [0, 0.05) is 17.7 Å². The van der Waals surface area contributed by atoms with Gasteiger partial charge in [-0.05, 0) is 73.9 Å². The second-order valence-corrected chi connectivity index (χ2v) is 10.4. The maximum atomic E-state index is 12.2. The van der Waals surface area contributed by atoms with Crippen molar-refractivity contribution in [3.63, 3.8) is 0 Å². The van der Waals surface area contributed by atoms with Crippen LogP contribution in [0.2, 0.25) is 0 Å². The molecule has 3 rings (SSSR count). The summed E-state index contributed by atoms with van der Waals surface area (Å²) >= 11 is 0. The number of unbranched alkanes of at least 4 members (excludes halogenated alkanes) is 6. The van der Waals surface area contributed by atoms with Crippen LogP contribution >= 0.6 is 0 Å². The summed E-state index contributed by atoms with van der Waals surface area (Å²) in [5.41, 5.74) is 1.26. The summed E-state index contributed by atoms with van der Waals surface area (Å²) in [6, 6.07) is 16.0. The molecule has 1 saturated carbocycles. The predicted octanol–water partition coefficient (Wildman–Crippen LogP) is 9.13. The Morgan fingerprint density at radius 2 is 1.59 bits per heavy atom. The third-order valence-electron chi connectivity index (χ3n) is 7.48.